The second-order valence-electron chi connectivity index (χ2n) is 5.71. The molecule has 1 aliphatic carbocycles. The summed E-state index contributed by atoms with van der Waals surface area (Å²) in [4.78, 5) is 0. The van der Waals surface area contributed by atoms with Gasteiger partial charge in [0.2, 0.25) is 0 Å². The molecule has 4 nitrogen and oxygen atoms in total. The summed E-state index contributed by atoms with van der Waals surface area (Å²) >= 11 is 12.0. The standard InChI is InChI=1S/C22H8Cl2N4/c23-17-5-1-13(2-6-17)19-20(14-3-7-18(24)8-4-14)22(16(11-27)12-28)21(19)15(9-25)10-26/h1-8H. The molecule has 3 rings (SSSR count). The first-order valence-electron chi connectivity index (χ1n) is 7.92. The minimum absolute atomic E-state index is 0.166. The predicted octanol–water partition coefficient (Wildman–Crippen LogP) is 5.61. The molecule has 130 valence electrons. The Bertz CT molecular complexity index is 1100. The zero-order valence-electron chi connectivity index (χ0n) is 14.2. The van der Waals surface area contributed by atoms with Crippen molar-refractivity contribution in [3.05, 3.63) is 92.0 Å². The maximum absolute atomic E-state index is 9.43. The monoisotopic (exact) mass is 398 g/mol. The molecule has 0 saturated carbocycles. The summed E-state index contributed by atoms with van der Waals surface area (Å²) in [5, 5.41) is 38.8. The van der Waals surface area contributed by atoms with Crippen LogP contribution in [0.25, 0.3) is 11.1 Å². The third-order valence-electron chi connectivity index (χ3n) is 4.21. The van der Waals surface area contributed by atoms with E-state index in [1.807, 2.05) is 24.3 Å². The molecule has 0 amide bonds. The highest BCUT2D eigenvalue weighted by atomic mass is 35.5. The van der Waals surface area contributed by atoms with Crippen LogP contribution >= 0.6 is 23.2 Å². The van der Waals surface area contributed by atoms with E-state index < -0.39 is 0 Å². The van der Waals surface area contributed by atoms with Crippen LogP contribution in [0.3, 0.4) is 0 Å². The fourth-order valence-corrected chi connectivity index (χ4v) is 3.27. The maximum atomic E-state index is 9.43. The average molecular weight is 399 g/mol. The molecule has 0 unspecified atom stereocenters. The summed E-state index contributed by atoms with van der Waals surface area (Å²) in [7, 11) is 0. The smallest absolute Gasteiger partial charge is 0.138 e. The van der Waals surface area contributed by atoms with Gasteiger partial charge >= 0.3 is 0 Å². The molecule has 2 aromatic rings. The number of hydrogen-bond donors (Lipinski definition) is 0. The van der Waals surface area contributed by atoms with Gasteiger partial charge in [-0.25, -0.2) is 0 Å². The van der Waals surface area contributed by atoms with Gasteiger partial charge in [-0.3, -0.25) is 0 Å². The van der Waals surface area contributed by atoms with Crippen molar-refractivity contribution in [2.45, 2.75) is 0 Å². The number of nitrogens with zero attached hydrogens (tertiary/aromatic N) is 4. The minimum atomic E-state index is -0.166. The van der Waals surface area contributed by atoms with Crippen LogP contribution in [-0.4, -0.2) is 0 Å². The van der Waals surface area contributed by atoms with Gasteiger partial charge in [0.05, 0.1) is 0 Å². The van der Waals surface area contributed by atoms with E-state index in [1.165, 1.54) is 0 Å². The third-order valence-corrected chi connectivity index (χ3v) is 4.72. The minimum Gasteiger partial charge on any atom is -0.192 e. The summed E-state index contributed by atoms with van der Waals surface area (Å²) in [6, 6.07) is 21.3. The lowest BCUT2D eigenvalue weighted by Gasteiger charge is -2.32. The van der Waals surface area contributed by atoms with Crippen molar-refractivity contribution in [3.63, 3.8) is 0 Å². The molecular formula is C22H8Cl2N4. The molecule has 0 atom stereocenters. The van der Waals surface area contributed by atoms with E-state index in [9.17, 15) is 21.0 Å². The van der Waals surface area contributed by atoms with Crippen LogP contribution in [0.5, 0.6) is 0 Å². The zero-order valence-corrected chi connectivity index (χ0v) is 15.7. The van der Waals surface area contributed by atoms with Crippen molar-refractivity contribution in [1.29, 1.82) is 21.0 Å². The summed E-state index contributed by atoms with van der Waals surface area (Å²) in [6.07, 6.45) is 0. The Hall–Kier alpha value is -3.80. The fourth-order valence-electron chi connectivity index (χ4n) is 3.02. The van der Waals surface area contributed by atoms with Crippen molar-refractivity contribution in [2.24, 2.45) is 0 Å². The van der Waals surface area contributed by atoms with Crippen molar-refractivity contribution in [2.75, 3.05) is 0 Å². The number of allylic oxidation sites excluding steroid dienone is 6. The summed E-state index contributed by atoms with van der Waals surface area (Å²) in [5.74, 6) is 0. The highest BCUT2D eigenvalue weighted by molar-refractivity contribution is 6.31. The first-order chi connectivity index (χ1) is 13.5. The number of nitriles is 4. The average Bonchev–Trinajstić information content (AvgIpc) is 2.71. The molecular weight excluding hydrogens is 391 g/mol. The molecule has 0 spiro atoms. The Balaban J connectivity index is 2.47. The van der Waals surface area contributed by atoms with Crippen LogP contribution in [0.2, 0.25) is 10.0 Å². The first-order valence-corrected chi connectivity index (χ1v) is 8.67. The lowest BCUT2D eigenvalue weighted by molar-refractivity contribution is 1.34. The van der Waals surface area contributed by atoms with Crippen molar-refractivity contribution in [1.82, 2.24) is 0 Å². The van der Waals surface area contributed by atoms with E-state index in [2.05, 4.69) is 0 Å². The van der Waals surface area contributed by atoms with Crippen LogP contribution in [0, 0.1) is 45.3 Å². The van der Waals surface area contributed by atoms with E-state index >= 15 is 0 Å². The van der Waals surface area contributed by atoms with Crippen LogP contribution in [-0.2, 0) is 0 Å². The van der Waals surface area contributed by atoms with Crippen LogP contribution in [0.4, 0.5) is 0 Å². The molecule has 28 heavy (non-hydrogen) atoms. The quantitative estimate of drug-likeness (QED) is 0.614. The van der Waals surface area contributed by atoms with E-state index in [0.29, 0.717) is 32.3 Å². The molecule has 0 N–H and O–H groups in total. The van der Waals surface area contributed by atoms with Crippen molar-refractivity contribution in [3.8, 4) is 24.3 Å². The Morgan fingerprint density at radius 2 is 0.821 bits per heavy atom. The molecule has 0 fully saturated rings. The Kier molecular flexibility index (Phi) is 5.31. The second-order valence-corrected chi connectivity index (χ2v) is 6.58. The van der Waals surface area contributed by atoms with E-state index in [1.54, 1.807) is 48.5 Å². The molecule has 0 aliphatic heterocycles. The van der Waals surface area contributed by atoms with E-state index in [4.69, 9.17) is 23.2 Å². The maximum Gasteiger partial charge on any atom is 0.138 e. The molecule has 6 heteroatoms. The number of rotatable bonds is 2. The molecule has 2 aromatic carbocycles. The second kappa shape index (κ2) is 7.84. The van der Waals surface area contributed by atoms with Crippen molar-refractivity contribution >= 4 is 34.3 Å². The molecule has 0 saturated heterocycles. The Labute approximate surface area is 171 Å². The Morgan fingerprint density at radius 1 is 0.536 bits per heavy atom. The van der Waals surface area contributed by atoms with Gasteiger partial charge in [-0.1, -0.05) is 47.5 Å². The van der Waals surface area contributed by atoms with Crippen LogP contribution < -0.4 is 0 Å². The van der Waals surface area contributed by atoms with Gasteiger partial charge in [-0.05, 0) is 35.4 Å². The van der Waals surface area contributed by atoms with E-state index in [0.717, 1.165) is 0 Å². The lowest BCUT2D eigenvalue weighted by Crippen LogP contribution is -2.15. The van der Waals surface area contributed by atoms with Gasteiger partial charge in [-0.2, -0.15) is 21.0 Å². The predicted molar refractivity (Wildman–Crippen MR) is 106 cm³/mol. The first kappa shape index (κ1) is 19.0. The number of halogens is 2. The Morgan fingerprint density at radius 3 is 1.07 bits per heavy atom. The molecule has 0 radical (unpaired) electrons. The zero-order chi connectivity index (χ0) is 20.3. The fraction of sp³-hybridized carbons (Fsp3) is 0. The largest absolute Gasteiger partial charge is 0.192 e. The summed E-state index contributed by atoms with van der Waals surface area (Å²) in [6.45, 7) is 0. The van der Waals surface area contributed by atoms with Gasteiger partial charge in [0.1, 0.15) is 35.4 Å². The van der Waals surface area contributed by atoms with E-state index in [-0.39, 0.29) is 22.3 Å². The SMILES string of the molecule is N#CC(C#N)=C1C(=C(C#N)C#N)C(c2ccc(Cl)cc2)=C1c1ccc(Cl)cc1. The third kappa shape index (κ3) is 3.16. The van der Waals surface area contributed by atoms with Gasteiger partial charge < -0.3 is 0 Å². The molecule has 1 aliphatic rings. The van der Waals surface area contributed by atoms with Crippen molar-refractivity contribution < 1.29 is 0 Å². The molecule has 0 heterocycles. The number of hydrogen-bond acceptors (Lipinski definition) is 4. The lowest BCUT2D eigenvalue weighted by atomic mass is 9.68. The summed E-state index contributed by atoms with van der Waals surface area (Å²) < 4.78 is 0. The number of benzene rings is 2. The molecule has 0 bridgehead atoms. The molecule has 0 aromatic heterocycles. The van der Waals surface area contributed by atoms with Gasteiger partial charge in [-0.15, -0.1) is 0 Å². The topological polar surface area (TPSA) is 95.2 Å². The van der Waals surface area contributed by atoms with Crippen LogP contribution in [0.15, 0.2) is 70.8 Å². The van der Waals surface area contributed by atoms with Gasteiger partial charge in [0.25, 0.3) is 0 Å². The van der Waals surface area contributed by atoms with Gasteiger partial charge in [0, 0.05) is 32.3 Å². The van der Waals surface area contributed by atoms with Gasteiger partial charge in [0.15, 0.2) is 0 Å². The highest BCUT2D eigenvalue weighted by Crippen LogP contribution is 2.53. The highest BCUT2D eigenvalue weighted by Gasteiger charge is 2.37. The van der Waals surface area contributed by atoms with Crippen LogP contribution in [0.1, 0.15) is 11.1 Å². The summed E-state index contributed by atoms with van der Waals surface area (Å²) in [5.41, 5.74) is 2.88. The normalized spacial score (nSPS) is 12.2.